The van der Waals surface area contributed by atoms with E-state index in [9.17, 15) is 0 Å². The first-order valence-corrected chi connectivity index (χ1v) is 5.06. The molecule has 5 heteroatoms. The van der Waals surface area contributed by atoms with E-state index in [4.69, 9.17) is 23.2 Å². The Hall–Kier alpha value is -1.06. The largest absolute Gasteiger partial charge is 0.248 e. The van der Waals surface area contributed by atoms with E-state index in [1.807, 2.05) is 12.1 Å². The lowest BCUT2D eigenvalue weighted by Gasteiger charge is -2.04. The van der Waals surface area contributed by atoms with Crippen LogP contribution in [-0.4, -0.2) is 14.8 Å². The van der Waals surface area contributed by atoms with Crippen LogP contribution in [0.5, 0.6) is 0 Å². The van der Waals surface area contributed by atoms with E-state index < -0.39 is 0 Å². The van der Waals surface area contributed by atoms with Gasteiger partial charge in [0, 0.05) is 6.92 Å². The van der Waals surface area contributed by atoms with Crippen molar-refractivity contribution >= 4 is 23.2 Å². The Kier molecular flexibility index (Phi) is 2.93. The molecule has 0 N–H and O–H groups in total. The summed E-state index contributed by atoms with van der Waals surface area (Å²) >= 11 is 11.9. The summed E-state index contributed by atoms with van der Waals surface area (Å²) in [6, 6.07) is 5.51. The van der Waals surface area contributed by atoms with Gasteiger partial charge in [0.25, 0.3) is 0 Å². The first-order chi connectivity index (χ1) is 7.16. The van der Waals surface area contributed by atoms with Gasteiger partial charge in [0.05, 0.1) is 16.6 Å². The highest BCUT2D eigenvalue weighted by Gasteiger charge is 2.05. The van der Waals surface area contributed by atoms with Gasteiger partial charge in [0.2, 0.25) is 0 Å². The molecule has 0 fully saturated rings. The summed E-state index contributed by atoms with van der Waals surface area (Å²) in [5.41, 5.74) is 0.911. The Morgan fingerprint density at radius 1 is 1.33 bits per heavy atom. The van der Waals surface area contributed by atoms with E-state index in [0.717, 1.165) is 5.56 Å². The number of hydrogen-bond acceptors (Lipinski definition) is 2. The van der Waals surface area contributed by atoms with Crippen LogP contribution in [0.25, 0.3) is 0 Å². The number of aromatic nitrogens is 3. The molecule has 3 nitrogen and oxygen atoms in total. The van der Waals surface area contributed by atoms with E-state index in [2.05, 4.69) is 17.0 Å². The van der Waals surface area contributed by atoms with Crippen molar-refractivity contribution in [2.75, 3.05) is 0 Å². The highest BCUT2D eigenvalue weighted by atomic mass is 35.5. The fourth-order valence-corrected chi connectivity index (χ4v) is 1.63. The van der Waals surface area contributed by atoms with Crippen molar-refractivity contribution < 1.29 is 0 Å². The van der Waals surface area contributed by atoms with Crippen LogP contribution in [0.4, 0.5) is 0 Å². The second-order valence-electron chi connectivity index (χ2n) is 3.07. The van der Waals surface area contributed by atoms with Crippen molar-refractivity contribution in [1.29, 1.82) is 0 Å². The van der Waals surface area contributed by atoms with Crippen LogP contribution in [-0.2, 0) is 6.54 Å². The fraction of sp³-hybridized carbons (Fsp3) is 0.100. The smallest absolute Gasteiger partial charge is 0.151 e. The van der Waals surface area contributed by atoms with Gasteiger partial charge in [-0.05, 0) is 11.6 Å². The molecule has 0 saturated heterocycles. The van der Waals surface area contributed by atoms with Crippen LogP contribution in [0.1, 0.15) is 11.4 Å². The standard InChI is InChI=1S/C10H8Cl2N3/c1-7-13-6-15(14-7)5-8-3-2-4-9(11)10(8)12/h2-4,6H,1,5H2. The summed E-state index contributed by atoms with van der Waals surface area (Å²) in [6.45, 7) is 4.16. The third-order valence-electron chi connectivity index (χ3n) is 1.95. The normalized spacial score (nSPS) is 10.6. The van der Waals surface area contributed by atoms with Crippen molar-refractivity contribution in [3.05, 3.63) is 52.9 Å². The molecular weight excluding hydrogens is 233 g/mol. The van der Waals surface area contributed by atoms with Gasteiger partial charge in [-0.1, -0.05) is 35.3 Å². The quantitative estimate of drug-likeness (QED) is 0.809. The van der Waals surface area contributed by atoms with E-state index in [1.165, 1.54) is 0 Å². The molecule has 2 aromatic rings. The average Bonchev–Trinajstić information content (AvgIpc) is 2.59. The molecule has 2 rings (SSSR count). The van der Waals surface area contributed by atoms with Gasteiger partial charge in [-0.2, -0.15) is 5.10 Å². The fourth-order valence-electron chi connectivity index (χ4n) is 1.25. The predicted molar refractivity (Wildman–Crippen MR) is 60.0 cm³/mol. The first kappa shape index (κ1) is 10.5. The molecule has 1 aromatic carbocycles. The van der Waals surface area contributed by atoms with Crippen molar-refractivity contribution in [3.8, 4) is 0 Å². The van der Waals surface area contributed by atoms with Crippen LogP contribution < -0.4 is 0 Å². The Morgan fingerprint density at radius 3 is 2.80 bits per heavy atom. The molecule has 15 heavy (non-hydrogen) atoms. The zero-order valence-electron chi connectivity index (χ0n) is 7.82. The van der Waals surface area contributed by atoms with E-state index >= 15 is 0 Å². The van der Waals surface area contributed by atoms with E-state index in [1.54, 1.807) is 17.1 Å². The minimum Gasteiger partial charge on any atom is -0.248 e. The predicted octanol–water partition coefficient (Wildman–Crippen LogP) is 2.82. The van der Waals surface area contributed by atoms with Gasteiger partial charge in [-0.3, -0.25) is 0 Å². The van der Waals surface area contributed by atoms with Crippen molar-refractivity contribution in [2.45, 2.75) is 6.54 Å². The summed E-state index contributed by atoms with van der Waals surface area (Å²) in [5.74, 6) is 0.494. The summed E-state index contributed by atoms with van der Waals surface area (Å²) in [4.78, 5) is 3.93. The summed E-state index contributed by atoms with van der Waals surface area (Å²) < 4.78 is 1.67. The Bertz CT molecular complexity index is 479. The lowest BCUT2D eigenvalue weighted by Crippen LogP contribution is -2.01. The Labute approximate surface area is 97.7 Å². The lowest BCUT2D eigenvalue weighted by atomic mass is 10.2. The summed E-state index contributed by atoms with van der Waals surface area (Å²) in [6.07, 6.45) is 1.61. The van der Waals surface area contributed by atoms with E-state index in [-0.39, 0.29) is 0 Å². The maximum absolute atomic E-state index is 6.04. The van der Waals surface area contributed by atoms with Gasteiger partial charge in [0.15, 0.2) is 5.82 Å². The first-order valence-electron chi connectivity index (χ1n) is 4.31. The van der Waals surface area contributed by atoms with Crippen LogP contribution >= 0.6 is 23.2 Å². The molecule has 1 heterocycles. The summed E-state index contributed by atoms with van der Waals surface area (Å²) in [5, 5.41) is 5.17. The average molecular weight is 241 g/mol. The lowest BCUT2D eigenvalue weighted by molar-refractivity contribution is 0.682. The maximum atomic E-state index is 6.04. The zero-order valence-corrected chi connectivity index (χ0v) is 9.33. The van der Waals surface area contributed by atoms with Gasteiger partial charge in [0.1, 0.15) is 6.33 Å². The monoisotopic (exact) mass is 240 g/mol. The number of halogens is 2. The number of nitrogens with zero attached hydrogens (tertiary/aromatic N) is 3. The molecule has 0 aliphatic heterocycles. The molecule has 0 unspecified atom stereocenters. The minimum absolute atomic E-state index is 0.494. The molecule has 0 spiro atoms. The Morgan fingerprint density at radius 2 is 2.13 bits per heavy atom. The van der Waals surface area contributed by atoms with Gasteiger partial charge in [-0.15, -0.1) is 0 Å². The van der Waals surface area contributed by atoms with Gasteiger partial charge < -0.3 is 0 Å². The van der Waals surface area contributed by atoms with Crippen molar-refractivity contribution in [2.24, 2.45) is 0 Å². The van der Waals surface area contributed by atoms with Crippen molar-refractivity contribution in [3.63, 3.8) is 0 Å². The van der Waals surface area contributed by atoms with Crippen LogP contribution in [0.15, 0.2) is 24.5 Å². The molecule has 0 aliphatic carbocycles. The highest BCUT2D eigenvalue weighted by Crippen LogP contribution is 2.25. The van der Waals surface area contributed by atoms with Crippen LogP contribution in [0.2, 0.25) is 10.0 Å². The molecular formula is C10H8Cl2N3. The third kappa shape index (κ3) is 2.30. The molecule has 0 aliphatic rings. The number of rotatable bonds is 2. The second kappa shape index (κ2) is 4.21. The van der Waals surface area contributed by atoms with Crippen LogP contribution in [0, 0.1) is 6.92 Å². The Balaban J connectivity index is 2.28. The zero-order chi connectivity index (χ0) is 10.8. The minimum atomic E-state index is 0.494. The number of benzene rings is 1. The molecule has 0 amide bonds. The third-order valence-corrected chi connectivity index (χ3v) is 2.81. The topological polar surface area (TPSA) is 30.7 Å². The molecule has 1 aromatic heterocycles. The van der Waals surface area contributed by atoms with Gasteiger partial charge in [-0.25, -0.2) is 9.67 Å². The second-order valence-corrected chi connectivity index (χ2v) is 3.86. The molecule has 0 saturated carbocycles. The van der Waals surface area contributed by atoms with E-state index in [0.29, 0.717) is 22.4 Å². The molecule has 0 bridgehead atoms. The maximum Gasteiger partial charge on any atom is 0.151 e. The SMILES string of the molecule is [CH2]c1ncn(Cc2cccc(Cl)c2Cl)n1. The van der Waals surface area contributed by atoms with Gasteiger partial charge >= 0.3 is 0 Å². The highest BCUT2D eigenvalue weighted by molar-refractivity contribution is 6.42. The van der Waals surface area contributed by atoms with Crippen LogP contribution in [0.3, 0.4) is 0 Å². The summed E-state index contributed by atoms with van der Waals surface area (Å²) in [7, 11) is 0. The molecule has 77 valence electrons. The number of hydrogen-bond donors (Lipinski definition) is 0. The molecule has 1 radical (unpaired) electrons. The molecule has 0 atom stereocenters. The van der Waals surface area contributed by atoms with Crippen molar-refractivity contribution in [1.82, 2.24) is 14.8 Å².